The van der Waals surface area contributed by atoms with Crippen molar-refractivity contribution in [3.8, 4) is 5.75 Å². The second kappa shape index (κ2) is 12.7. The molecule has 0 saturated carbocycles. The molecule has 0 radical (unpaired) electrons. The van der Waals surface area contributed by atoms with Crippen molar-refractivity contribution in [2.75, 3.05) is 51.0 Å². The predicted molar refractivity (Wildman–Crippen MR) is 158 cm³/mol. The maximum absolute atomic E-state index is 14.5. The van der Waals surface area contributed by atoms with E-state index in [0.717, 1.165) is 0 Å². The average molecular weight is 594 g/mol. The summed E-state index contributed by atoms with van der Waals surface area (Å²) >= 11 is 0. The number of aliphatic hydroxyl groups excluding tert-OH is 1. The highest BCUT2D eigenvalue weighted by Crippen LogP contribution is 2.50. The van der Waals surface area contributed by atoms with E-state index in [1.165, 1.54) is 4.90 Å². The summed E-state index contributed by atoms with van der Waals surface area (Å²) in [6, 6.07) is 14.5. The fourth-order valence-electron chi connectivity index (χ4n) is 5.52. The van der Waals surface area contributed by atoms with E-state index in [1.807, 2.05) is 18.2 Å². The number of anilines is 1. The number of hydrogen-bond donors (Lipinski definition) is 1. The molecule has 2 aromatic carbocycles. The van der Waals surface area contributed by atoms with Gasteiger partial charge in [-0.1, -0.05) is 18.2 Å². The molecule has 11 nitrogen and oxygen atoms in total. The highest BCUT2D eigenvalue weighted by Gasteiger charge is 2.59. The molecule has 5 rings (SSSR count). The zero-order valence-electron chi connectivity index (χ0n) is 24.9. The topological polar surface area (TPSA) is 127 Å². The number of carbonyl (C=O) groups is 3. The number of para-hydroxylation sites is 1. The Morgan fingerprint density at radius 3 is 2.51 bits per heavy atom. The number of benzene rings is 2. The lowest BCUT2D eigenvalue weighted by Gasteiger charge is -2.42. The molecule has 2 atom stereocenters. The third-order valence-corrected chi connectivity index (χ3v) is 7.55. The van der Waals surface area contributed by atoms with Crippen LogP contribution in [0, 0.1) is 0 Å². The van der Waals surface area contributed by atoms with Gasteiger partial charge in [-0.2, -0.15) is 0 Å². The maximum atomic E-state index is 14.5. The Balaban J connectivity index is 1.50. The summed E-state index contributed by atoms with van der Waals surface area (Å²) in [6.07, 6.45) is -0.312. The van der Waals surface area contributed by atoms with E-state index in [9.17, 15) is 14.4 Å². The Bertz CT molecular complexity index is 1360. The first-order valence-corrected chi connectivity index (χ1v) is 14.7. The summed E-state index contributed by atoms with van der Waals surface area (Å²) in [7, 11) is 0. The molecular weight excluding hydrogens is 554 g/mol. The monoisotopic (exact) mass is 593 g/mol. The van der Waals surface area contributed by atoms with Gasteiger partial charge < -0.3 is 33.9 Å². The molecule has 0 unspecified atom stereocenters. The molecule has 0 bridgehead atoms. The van der Waals surface area contributed by atoms with Gasteiger partial charge >= 0.3 is 5.97 Å². The van der Waals surface area contributed by atoms with Crippen molar-refractivity contribution in [2.24, 2.45) is 4.99 Å². The molecule has 0 spiro atoms. The van der Waals surface area contributed by atoms with Gasteiger partial charge in [0, 0.05) is 43.7 Å². The van der Waals surface area contributed by atoms with Gasteiger partial charge in [0.15, 0.2) is 11.6 Å². The van der Waals surface area contributed by atoms with Crippen LogP contribution in [0.1, 0.15) is 57.3 Å². The molecule has 3 aliphatic rings. The molecule has 11 heteroatoms. The number of aliphatic hydroxyl groups is 1. The minimum Gasteiger partial charge on any atom is -0.494 e. The number of amides is 2. The van der Waals surface area contributed by atoms with Crippen LogP contribution >= 0.6 is 0 Å². The summed E-state index contributed by atoms with van der Waals surface area (Å²) in [5.41, 5.74) is -0.237. The van der Waals surface area contributed by atoms with E-state index in [-0.39, 0.29) is 37.8 Å². The second-order valence-electron chi connectivity index (χ2n) is 11.8. The summed E-state index contributed by atoms with van der Waals surface area (Å²) in [6.45, 7) is 7.45. The highest BCUT2D eigenvalue weighted by atomic mass is 16.6. The first-order valence-electron chi connectivity index (χ1n) is 14.7. The molecule has 3 aliphatic heterocycles. The van der Waals surface area contributed by atoms with E-state index < -0.39 is 29.1 Å². The van der Waals surface area contributed by atoms with Crippen LogP contribution in [0.2, 0.25) is 0 Å². The number of morpholine rings is 1. The van der Waals surface area contributed by atoms with Crippen LogP contribution in [-0.4, -0.2) is 90.9 Å². The van der Waals surface area contributed by atoms with Crippen molar-refractivity contribution in [1.82, 2.24) is 4.90 Å². The van der Waals surface area contributed by atoms with Gasteiger partial charge in [-0.15, -0.1) is 0 Å². The van der Waals surface area contributed by atoms with Crippen molar-refractivity contribution >= 4 is 29.4 Å². The number of rotatable bonds is 10. The van der Waals surface area contributed by atoms with Crippen LogP contribution < -0.4 is 9.64 Å². The Kier molecular flexibility index (Phi) is 9.03. The van der Waals surface area contributed by atoms with Gasteiger partial charge in [0.1, 0.15) is 17.9 Å². The lowest BCUT2D eigenvalue weighted by molar-refractivity contribution is -0.155. The average Bonchev–Trinajstić information content (AvgIpc) is 3.40. The van der Waals surface area contributed by atoms with Crippen molar-refractivity contribution in [1.29, 1.82) is 0 Å². The summed E-state index contributed by atoms with van der Waals surface area (Å²) in [5, 5.41) is 9.02. The molecular formula is C32H39N3O8. The molecule has 1 fully saturated rings. The fourth-order valence-corrected chi connectivity index (χ4v) is 5.52. The van der Waals surface area contributed by atoms with Gasteiger partial charge in [-0.05, 0) is 57.5 Å². The van der Waals surface area contributed by atoms with Gasteiger partial charge in [-0.25, -0.2) is 4.99 Å². The lowest BCUT2D eigenvalue weighted by Crippen LogP contribution is -2.57. The number of aliphatic imine (C=N–C) groups is 1. The van der Waals surface area contributed by atoms with Crippen LogP contribution in [0.25, 0.3) is 0 Å². The standard InChI is InChI=1S/C32H39N3O8/c1-31(2,3)43-27(38)13-14-32-28(42-29(33-32)22-9-11-23(12-10-22)41-18-6-17-36)24-7-4-5-8-25(24)35(30(32)39)21-26(37)34-15-19-40-20-16-34/h4-5,7-12,28,36H,6,13-21H2,1-3H3/t28-,32-/m1/s1. The number of fused-ring (bicyclic) bond motifs is 3. The first kappa shape index (κ1) is 30.5. The van der Waals surface area contributed by atoms with Crippen LogP contribution in [0.3, 0.4) is 0 Å². The molecule has 2 aromatic rings. The smallest absolute Gasteiger partial charge is 0.306 e. The van der Waals surface area contributed by atoms with Crippen LogP contribution in [-0.2, 0) is 28.6 Å². The fraction of sp³-hybridized carbons (Fsp3) is 0.500. The third kappa shape index (κ3) is 6.67. The zero-order valence-corrected chi connectivity index (χ0v) is 24.9. The molecule has 3 heterocycles. The molecule has 230 valence electrons. The Morgan fingerprint density at radius 2 is 1.81 bits per heavy atom. The van der Waals surface area contributed by atoms with Crippen LogP contribution in [0.5, 0.6) is 5.75 Å². The van der Waals surface area contributed by atoms with Gasteiger partial charge in [0.05, 0.1) is 25.5 Å². The van der Waals surface area contributed by atoms with Crippen LogP contribution in [0.4, 0.5) is 5.69 Å². The molecule has 1 N–H and O–H groups in total. The largest absolute Gasteiger partial charge is 0.494 e. The van der Waals surface area contributed by atoms with Gasteiger partial charge in [-0.3, -0.25) is 14.4 Å². The second-order valence-corrected chi connectivity index (χ2v) is 11.8. The molecule has 0 aromatic heterocycles. The zero-order chi connectivity index (χ0) is 30.6. The van der Waals surface area contributed by atoms with E-state index >= 15 is 0 Å². The maximum Gasteiger partial charge on any atom is 0.306 e. The molecule has 43 heavy (non-hydrogen) atoms. The van der Waals surface area contributed by atoms with E-state index in [4.69, 9.17) is 29.0 Å². The Hall–Kier alpha value is -3.96. The van der Waals surface area contributed by atoms with Crippen molar-refractivity contribution in [3.05, 3.63) is 59.7 Å². The quantitative estimate of drug-likeness (QED) is 0.329. The Labute approximate surface area is 251 Å². The highest BCUT2D eigenvalue weighted by molar-refractivity contribution is 6.11. The third-order valence-electron chi connectivity index (χ3n) is 7.55. The number of nitrogens with zero attached hydrogens (tertiary/aromatic N) is 3. The summed E-state index contributed by atoms with van der Waals surface area (Å²) in [5.74, 6) is -0.147. The van der Waals surface area contributed by atoms with E-state index in [1.54, 1.807) is 56.0 Å². The Morgan fingerprint density at radius 1 is 1.09 bits per heavy atom. The van der Waals surface area contributed by atoms with E-state index in [2.05, 4.69) is 0 Å². The van der Waals surface area contributed by atoms with Crippen molar-refractivity contribution in [2.45, 2.75) is 57.3 Å². The van der Waals surface area contributed by atoms with Crippen LogP contribution in [0.15, 0.2) is 53.5 Å². The first-order chi connectivity index (χ1) is 20.6. The minimum absolute atomic E-state index is 0.0356. The minimum atomic E-state index is -1.48. The molecule has 0 aliphatic carbocycles. The van der Waals surface area contributed by atoms with Crippen molar-refractivity contribution in [3.63, 3.8) is 0 Å². The molecule has 2 amide bonds. The number of esters is 1. The van der Waals surface area contributed by atoms with Crippen molar-refractivity contribution < 1.29 is 38.4 Å². The predicted octanol–water partition coefficient (Wildman–Crippen LogP) is 3.03. The van der Waals surface area contributed by atoms with Gasteiger partial charge in [0.25, 0.3) is 5.91 Å². The SMILES string of the molecule is CC(C)(C)OC(=O)CC[C@@]12N=C(c3ccc(OCCCO)cc3)O[C@@H]1c1ccccc1N(CC(=O)N1CCOCC1)C2=O. The van der Waals surface area contributed by atoms with Gasteiger partial charge in [0.2, 0.25) is 11.8 Å². The van der Waals surface area contributed by atoms with E-state index in [0.29, 0.717) is 61.9 Å². The molecule has 1 saturated heterocycles. The number of ether oxygens (including phenoxy) is 4. The summed E-state index contributed by atoms with van der Waals surface area (Å²) in [4.78, 5) is 48.8. The lowest BCUT2D eigenvalue weighted by atomic mass is 9.79. The normalized spacial score (nSPS) is 21.4. The summed E-state index contributed by atoms with van der Waals surface area (Å²) < 4.78 is 23.1. The number of hydrogen-bond acceptors (Lipinski definition) is 9. The number of carbonyl (C=O) groups excluding carboxylic acids is 3.